The number of nitrogens with one attached hydrogen (secondary N) is 2. The van der Waals surface area contributed by atoms with Gasteiger partial charge in [0.05, 0.1) is 67.3 Å². The number of methoxy groups -OCH3 is 6. The largest absolute Gasteiger partial charge is 0.469 e. The van der Waals surface area contributed by atoms with Crippen molar-refractivity contribution in [1.29, 1.82) is 0 Å². The summed E-state index contributed by atoms with van der Waals surface area (Å²) in [4.78, 5) is 140. The zero-order chi connectivity index (χ0) is 65.1. The van der Waals surface area contributed by atoms with Gasteiger partial charge in [0.2, 0.25) is 5.91 Å². The predicted octanol–water partition coefficient (Wildman–Crippen LogP) is 8.46. The Morgan fingerprint density at radius 1 is 0.636 bits per heavy atom. The minimum Gasteiger partial charge on any atom is -0.469 e. The van der Waals surface area contributed by atoms with Crippen molar-refractivity contribution >= 4 is 70.6 Å². The number of anilines is 1. The van der Waals surface area contributed by atoms with Crippen LogP contribution in [-0.2, 0) is 78.1 Å². The second-order valence-electron chi connectivity index (χ2n) is 25.4. The monoisotopic (exact) mass is 1230 g/mol. The van der Waals surface area contributed by atoms with Gasteiger partial charge in [-0.2, -0.15) is 4.98 Å². The number of nitrogens with zero attached hydrogens (tertiary/aromatic N) is 5. The summed E-state index contributed by atoms with van der Waals surface area (Å²) in [6.45, 7) is 18.0. The third-order valence-electron chi connectivity index (χ3n) is 20.0. The quantitative estimate of drug-likeness (QED) is 0.0451. The zero-order valence-electron chi connectivity index (χ0n) is 54.3. The molecule has 5 aliphatic heterocycles. The molecular weight excluding hydrogens is 1130 g/mol. The predicted molar refractivity (Wildman–Crippen MR) is 328 cm³/mol. The summed E-state index contributed by atoms with van der Waals surface area (Å²) in [7, 11) is 7.98. The lowest BCUT2D eigenvalue weighted by Crippen LogP contribution is -2.54. The molecule has 23 heteroatoms. The van der Waals surface area contributed by atoms with Crippen LogP contribution in [0.5, 0.6) is 0 Å². The molecule has 0 aromatic carbocycles. The molecule has 0 unspecified atom stereocenters. The van der Waals surface area contributed by atoms with Gasteiger partial charge in [-0.05, 0) is 108 Å². The Morgan fingerprint density at radius 3 is 1.74 bits per heavy atom. The Bertz CT molecular complexity index is 3120. The fourth-order valence-corrected chi connectivity index (χ4v) is 14.6. The molecule has 0 saturated carbocycles. The van der Waals surface area contributed by atoms with E-state index in [0.29, 0.717) is 77.6 Å². The van der Waals surface area contributed by atoms with E-state index in [0.717, 1.165) is 6.42 Å². The van der Waals surface area contributed by atoms with Crippen LogP contribution in [0.15, 0.2) is 66.3 Å². The molecule has 8 bridgehead atoms. The highest BCUT2D eigenvalue weighted by atomic mass is 16.5. The van der Waals surface area contributed by atoms with Gasteiger partial charge in [-0.1, -0.05) is 41.0 Å². The van der Waals surface area contributed by atoms with Crippen LogP contribution in [0.4, 0.5) is 5.82 Å². The summed E-state index contributed by atoms with van der Waals surface area (Å²) in [5.74, 6) is -5.47. The number of aliphatic imine (C=N–C) groups is 3. The number of esters is 7. The van der Waals surface area contributed by atoms with Crippen molar-refractivity contribution in [3.05, 3.63) is 57.1 Å². The van der Waals surface area contributed by atoms with E-state index in [9.17, 15) is 43.2 Å². The average molecular weight is 1230 g/mol. The number of amides is 1. The van der Waals surface area contributed by atoms with Crippen LogP contribution in [0.25, 0.3) is 0 Å². The number of hydrogen-bond acceptors (Lipinski definition) is 21. The maximum atomic E-state index is 14.7. The molecule has 484 valence electrons. The van der Waals surface area contributed by atoms with E-state index in [1.807, 2.05) is 33.8 Å². The fraction of sp³-hybridized carbons (Fsp3) is 0.677. The molecule has 23 nitrogen and oxygen atoms in total. The Hall–Kier alpha value is -7.33. The lowest BCUT2D eigenvalue weighted by atomic mass is 9.55. The Morgan fingerprint density at radius 2 is 1.17 bits per heavy atom. The van der Waals surface area contributed by atoms with Gasteiger partial charge in [-0.15, -0.1) is 0 Å². The first-order chi connectivity index (χ1) is 41.5. The third kappa shape index (κ3) is 14.9. The molecule has 6 rings (SSSR count). The third-order valence-corrected chi connectivity index (χ3v) is 20.0. The van der Waals surface area contributed by atoms with Gasteiger partial charge in [0.1, 0.15) is 5.82 Å². The highest BCUT2D eigenvalue weighted by molar-refractivity contribution is 6.10. The number of ether oxygens (including phenoxy) is 7. The second-order valence-corrected chi connectivity index (χ2v) is 25.4. The first kappa shape index (κ1) is 69.8. The van der Waals surface area contributed by atoms with E-state index < -0.39 is 104 Å². The molecule has 1 fully saturated rings. The first-order valence-corrected chi connectivity index (χ1v) is 30.6. The Balaban J connectivity index is 1.60. The molecule has 88 heavy (non-hydrogen) atoms. The van der Waals surface area contributed by atoms with Gasteiger partial charge in [0, 0.05) is 132 Å². The highest BCUT2D eigenvalue weighted by Crippen LogP contribution is 2.63. The smallest absolute Gasteiger partial charge is 0.349 e. The van der Waals surface area contributed by atoms with E-state index >= 15 is 0 Å². The van der Waals surface area contributed by atoms with Crippen LogP contribution in [0.3, 0.4) is 0 Å². The molecule has 1 aromatic heterocycles. The van der Waals surface area contributed by atoms with E-state index in [2.05, 4.69) is 43.3 Å². The summed E-state index contributed by atoms with van der Waals surface area (Å²) in [6.07, 6.45) is 7.36. The molecule has 6 heterocycles. The van der Waals surface area contributed by atoms with E-state index in [1.165, 1.54) is 54.1 Å². The molecule has 0 spiro atoms. The van der Waals surface area contributed by atoms with Gasteiger partial charge in [-0.25, -0.2) is 4.79 Å². The lowest BCUT2D eigenvalue weighted by molar-refractivity contribution is -0.146. The van der Waals surface area contributed by atoms with Crippen molar-refractivity contribution in [2.75, 3.05) is 54.6 Å². The van der Waals surface area contributed by atoms with Crippen LogP contribution < -0.4 is 16.3 Å². The standard InChI is InChI=1S/C65H93N7O16/c1-38-55-42(21-25-49(75)83-11)61(4,5)46(68-55)36-45-41(20-24-48(74)82-10)63(7,37-54(80)88-35-19-17-16-18-33-72-34-30-47(66-40(3)73)69-60(72)81)58(67-45)39(2)56-43(22-26-50(76)84-12)64(8,32-29-53(79)87-15)65(9,71-56)59-44(23-27-51(77)85-13)62(6,57(38)70-59)31-28-52(78)86-14/h30,34,36,41-44,59,67H,16-29,31-33,35,37H2,1-15H3,(H,66,69,73,81)/b45-36-,55-38-,58-39-/t41-,42-,43-,44+,59-,62-,63+,64+,65-/m1/s1. The van der Waals surface area contributed by atoms with E-state index in [1.54, 1.807) is 12.3 Å². The van der Waals surface area contributed by atoms with Crippen LogP contribution >= 0.6 is 0 Å². The van der Waals surface area contributed by atoms with Crippen molar-refractivity contribution in [3.63, 3.8) is 0 Å². The number of hydrogen-bond donors (Lipinski definition) is 2. The Kier molecular flexibility index (Phi) is 23.2. The molecule has 1 saturated heterocycles. The highest BCUT2D eigenvalue weighted by Gasteiger charge is 2.66. The first-order valence-electron chi connectivity index (χ1n) is 30.6. The molecule has 9 atom stereocenters. The molecular formula is C65H93N7O16. The number of unbranched alkanes of at least 4 members (excludes halogenated alkanes) is 3. The number of aromatic nitrogens is 2. The minimum atomic E-state index is -1.27. The van der Waals surface area contributed by atoms with Crippen LogP contribution in [0.2, 0.25) is 0 Å². The second kappa shape index (κ2) is 29.3. The van der Waals surface area contributed by atoms with Gasteiger partial charge in [0.25, 0.3) is 0 Å². The average Bonchev–Trinajstić information content (AvgIpc) is 1.65. The van der Waals surface area contributed by atoms with Gasteiger partial charge >= 0.3 is 47.5 Å². The van der Waals surface area contributed by atoms with Crippen LogP contribution in [-0.4, -0.2) is 135 Å². The number of carbonyl (C=O) groups is 8. The number of allylic oxidation sites excluding steroid dienone is 6. The van der Waals surface area contributed by atoms with Crippen LogP contribution in [0.1, 0.15) is 171 Å². The molecule has 5 aliphatic rings. The number of carbonyl (C=O) groups excluding carboxylic acids is 8. The summed E-state index contributed by atoms with van der Waals surface area (Å²) >= 11 is 0. The van der Waals surface area contributed by atoms with Crippen molar-refractivity contribution < 1.29 is 71.5 Å². The maximum Gasteiger partial charge on any atom is 0.349 e. The van der Waals surface area contributed by atoms with Crippen molar-refractivity contribution in [1.82, 2.24) is 14.9 Å². The number of aryl methyl sites for hydroxylation is 1. The molecule has 0 aliphatic carbocycles. The zero-order valence-corrected chi connectivity index (χ0v) is 54.3. The summed E-state index contributed by atoms with van der Waals surface area (Å²) in [6, 6.07) is 0.790. The summed E-state index contributed by atoms with van der Waals surface area (Å²) in [5, 5.41) is 6.33. The SMILES string of the molecule is COC(=O)CC[C@@H]1/C2=C(\C)C3=N[C@H]([C@H](CCC(=O)OC)[C@@]3(C)CCC(=O)OC)[C@@]3(C)N=C(/C(C)=C4\N/C(=C\C(=N2)C1(C)C)[C@@H](CCC(=O)OC)[C@]4(C)CC(=O)OCCCCCCn1ccc(NC(C)=O)nc1=O)[C@@H](CCC(=O)OC)[C@]3(C)CCC(=O)OC. The van der Waals surface area contributed by atoms with Crippen molar-refractivity contribution in [2.24, 2.45) is 60.3 Å². The van der Waals surface area contributed by atoms with Gasteiger partial charge in [0.15, 0.2) is 0 Å². The lowest BCUT2D eigenvalue weighted by Gasteiger charge is -2.49. The Labute approximate surface area is 516 Å². The van der Waals surface area contributed by atoms with E-state index in [4.69, 9.17) is 48.1 Å². The molecule has 1 amide bonds. The topological polar surface area (TPSA) is 297 Å². The number of fused-ring (bicyclic) bond motifs is 6. The number of rotatable bonds is 28. The molecule has 1 aromatic rings. The minimum absolute atomic E-state index is 0.00780. The normalized spacial score (nSPS) is 28.9. The van der Waals surface area contributed by atoms with E-state index in [-0.39, 0.29) is 95.4 Å². The van der Waals surface area contributed by atoms with Gasteiger partial charge in [-0.3, -0.25) is 57.9 Å². The van der Waals surface area contributed by atoms with Crippen molar-refractivity contribution in [3.8, 4) is 0 Å². The summed E-state index contributed by atoms with van der Waals surface area (Å²) < 4.78 is 39.1. The molecule has 2 N–H and O–H groups in total. The summed E-state index contributed by atoms with van der Waals surface area (Å²) in [5.41, 5.74) is -0.528. The fourth-order valence-electron chi connectivity index (χ4n) is 14.6. The van der Waals surface area contributed by atoms with Gasteiger partial charge < -0.3 is 43.8 Å². The molecule has 0 radical (unpaired) electrons. The van der Waals surface area contributed by atoms with Crippen LogP contribution in [0, 0.1) is 45.3 Å². The van der Waals surface area contributed by atoms with Crippen molar-refractivity contribution in [2.45, 2.75) is 190 Å². The maximum absolute atomic E-state index is 14.7.